The maximum atomic E-state index is 14.1. The minimum absolute atomic E-state index is 0.0656. The fourth-order valence-corrected chi connectivity index (χ4v) is 3.28. The Kier molecular flexibility index (Phi) is 4.63. The lowest BCUT2D eigenvalue weighted by Crippen LogP contribution is -2.26. The predicted octanol–water partition coefficient (Wildman–Crippen LogP) is 3.63. The molecule has 1 heterocycles. The van der Waals surface area contributed by atoms with Gasteiger partial charge in [0.15, 0.2) is 0 Å². The van der Waals surface area contributed by atoms with Crippen LogP contribution in [0.5, 0.6) is 0 Å². The smallest absolute Gasteiger partial charge is 0.253 e. The minimum Gasteiger partial charge on any atom is -0.378 e. The second-order valence-corrected chi connectivity index (χ2v) is 6.33. The number of hydrogen-bond donors (Lipinski definition) is 2. The van der Waals surface area contributed by atoms with Crippen molar-refractivity contribution in [3.8, 4) is 0 Å². The van der Waals surface area contributed by atoms with Gasteiger partial charge < -0.3 is 15.8 Å². The number of rotatable bonds is 4. The standard InChI is InChI=1S/C17H16BrFN2O2/c18-11-8-12(19)15(17(20)22)14(9-11)21-13-6-7-23-16(13)10-4-2-1-3-5-10/h1-5,8-9,13,16,21H,6-7H2,(H2,20,22). The third kappa shape index (κ3) is 3.38. The summed E-state index contributed by atoms with van der Waals surface area (Å²) in [4.78, 5) is 11.6. The summed E-state index contributed by atoms with van der Waals surface area (Å²) in [6.07, 6.45) is 0.602. The highest BCUT2D eigenvalue weighted by Gasteiger charge is 2.30. The van der Waals surface area contributed by atoms with E-state index < -0.39 is 11.7 Å². The van der Waals surface area contributed by atoms with Crippen molar-refractivity contribution in [2.24, 2.45) is 5.73 Å². The molecule has 1 aliphatic heterocycles. The van der Waals surface area contributed by atoms with Crippen molar-refractivity contribution in [1.29, 1.82) is 0 Å². The molecule has 4 nitrogen and oxygen atoms in total. The quantitative estimate of drug-likeness (QED) is 0.853. The number of nitrogens with two attached hydrogens (primary N) is 1. The zero-order valence-electron chi connectivity index (χ0n) is 12.3. The first kappa shape index (κ1) is 16.0. The van der Waals surface area contributed by atoms with E-state index in [1.807, 2.05) is 30.3 Å². The number of carbonyl (C=O) groups excluding carboxylic acids is 1. The molecule has 0 spiro atoms. The van der Waals surface area contributed by atoms with Crippen LogP contribution < -0.4 is 11.1 Å². The van der Waals surface area contributed by atoms with Crippen LogP contribution in [0.25, 0.3) is 0 Å². The fraction of sp³-hybridized carbons (Fsp3) is 0.235. The molecule has 2 atom stereocenters. The van der Waals surface area contributed by atoms with Crippen LogP contribution in [-0.4, -0.2) is 18.6 Å². The normalized spacial score (nSPS) is 20.4. The number of nitrogens with one attached hydrogen (secondary N) is 1. The highest BCUT2D eigenvalue weighted by molar-refractivity contribution is 9.10. The second-order valence-electron chi connectivity index (χ2n) is 5.42. The van der Waals surface area contributed by atoms with Crippen LogP contribution in [0.15, 0.2) is 46.9 Å². The summed E-state index contributed by atoms with van der Waals surface area (Å²) in [7, 11) is 0. The van der Waals surface area contributed by atoms with Gasteiger partial charge in [0.25, 0.3) is 5.91 Å². The minimum atomic E-state index is -0.798. The molecule has 1 fully saturated rings. The Labute approximate surface area is 142 Å². The summed E-state index contributed by atoms with van der Waals surface area (Å²) in [5.74, 6) is -1.45. The van der Waals surface area contributed by atoms with Gasteiger partial charge in [0.05, 0.1) is 17.3 Å². The second kappa shape index (κ2) is 6.68. The Morgan fingerprint density at radius 3 is 2.74 bits per heavy atom. The summed E-state index contributed by atoms with van der Waals surface area (Å²) in [5.41, 5.74) is 6.60. The van der Waals surface area contributed by atoms with Gasteiger partial charge in [0.1, 0.15) is 11.9 Å². The zero-order chi connectivity index (χ0) is 16.4. The van der Waals surface area contributed by atoms with Gasteiger partial charge in [0, 0.05) is 11.1 Å². The lowest BCUT2D eigenvalue weighted by molar-refractivity contribution is 0.0995. The number of halogens is 2. The summed E-state index contributed by atoms with van der Waals surface area (Å²) in [6, 6.07) is 12.6. The van der Waals surface area contributed by atoms with Crippen LogP contribution in [-0.2, 0) is 4.74 Å². The van der Waals surface area contributed by atoms with Gasteiger partial charge in [0.2, 0.25) is 0 Å². The van der Waals surface area contributed by atoms with E-state index in [0.29, 0.717) is 16.8 Å². The molecule has 1 amide bonds. The van der Waals surface area contributed by atoms with Crippen molar-refractivity contribution in [3.05, 3.63) is 63.9 Å². The lowest BCUT2D eigenvalue weighted by Gasteiger charge is -2.22. The van der Waals surface area contributed by atoms with Crippen molar-refractivity contribution in [2.75, 3.05) is 11.9 Å². The summed E-state index contributed by atoms with van der Waals surface area (Å²) in [6.45, 7) is 0.597. The summed E-state index contributed by atoms with van der Waals surface area (Å²) in [5, 5.41) is 3.23. The highest BCUT2D eigenvalue weighted by atomic mass is 79.9. The van der Waals surface area contributed by atoms with E-state index in [9.17, 15) is 9.18 Å². The van der Waals surface area contributed by atoms with Crippen LogP contribution in [0, 0.1) is 5.82 Å². The van der Waals surface area contributed by atoms with E-state index in [1.165, 1.54) is 6.07 Å². The summed E-state index contributed by atoms with van der Waals surface area (Å²) < 4.78 is 20.4. The lowest BCUT2D eigenvalue weighted by atomic mass is 10.0. The molecule has 0 aliphatic carbocycles. The summed E-state index contributed by atoms with van der Waals surface area (Å²) >= 11 is 3.24. The zero-order valence-corrected chi connectivity index (χ0v) is 13.8. The van der Waals surface area contributed by atoms with Gasteiger partial charge >= 0.3 is 0 Å². The number of ether oxygens (including phenoxy) is 1. The van der Waals surface area contributed by atoms with Crippen LogP contribution in [0.1, 0.15) is 28.4 Å². The van der Waals surface area contributed by atoms with E-state index in [2.05, 4.69) is 21.2 Å². The molecule has 2 aromatic rings. The molecule has 2 unspecified atom stereocenters. The van der Waals surface area contributed by atoms with Crippen molar-refractivity contribution in [2.45, 2.75) is 18.6 Å². The molecule has 1 saturated heterocycles. The molecular weight excluding hydrogens is 363 g/mol. The Hall–Kier alpha value is -1.92. The van der Waals surface area contributed by atoms with Crippen molar-refractivity contribution in [3.63, 3.8) is 0 Å². The van der Waals surface area contributed by atoms with Gasteiger partial charge in [-0.2, -0.15) is 0 Å². The van der Waals surface area contributed by atoms with Gasteiger partial charge in [-0.25, -0.2) is 4.39 Å². The topological polar surface area (TPSA) is 64.4 Å². The third-order valence-corrected chi connectivity index (χ3v) is 4.32. The molecule has 6 heteroatoms. The Balaban J connectivity index is 1.91. The number of primary amides is 1. The van der Waals surface area contributed by atoms with Crippen LogP contribution in [0.3, 0.4) is 0 Å². The van der Waals surface area contributed by atoms with Crippen LogP contribution >= 0.6 is 15.9 Å². The van der Waals surface area contributed by atoms with Gasteiger partial charge in [-0.1, -0.05) is 46.3 Å². The van der Waals surface area contributed by atoms with Gasteiger partial charge in [-0.05, 0) is 24.1 Å². The first-order valence-corrected chi connectivity index (χ1v) is 8.07. The van der Waals surface area contributed by atoms with E-state index >= 15 is 0 Å². The number of hydrogen-bond acceptors (Lipinski definition) is 3. The Bertz CT molecular complexity index is 724. The Morgan fingerprint density at radius 2 is 2.04 bits per heavy atom. The highest BCUT2D eigenvalue weighted by Crippen LogP contribution is 2.33. The molecule has 1 aliphatic rings. The number of anilines is 1. The number of benzene rings is 2. The maximum absolute atomic E-state index is 14.1. The van der Waals surface area contributed by atoms with E-state index in [0.717, 1.165) is 12.0 Å². The molecule has 23 heavy (non-hydrogen) atoms. The SMILES string of the molecule is NC(=O)c1c(F)cc(Br)cc1NC1CCOC1c1ccccc1. The van der Waals surface area contributed by atoms with Gasteiger partial charge in [-0.15, -0.1) is 0 Å². The van der Waals surface area contributed by atoms with Crippen LogP contribution in [0.2, 0.25) is 0 Å². The number of amides is 1. The molecule has 120 valence electrons. The van der Waals surface area contributed by atoms with Crippen molar-refractivity contribution >= 4 is 27.5 Å². The molecule has 3 N–H and O–H groups in total. The molecule has 0 bridgehead atoms. The molecule has 0 radical (unpaired) electrons. The molecule has 3 rings (SSSR count). The largest absolute Gasteiger partial charge is 0.378 e. The Morgan fingerprint density at radius 1 is 1.30 bits per heavy atom. The first-order valence-electron chi connectivity index (χ1n) is 7.28. The van der Waals surface area contributed by atoms with E-state index in [4.69, 9.17) is 10.5 Å². The maximum Gasteiger partial charge on any atom is 0.253 e. The fourth-order valence-electron chi connectivity index (χ4n) is 2.85. The first-order chi connectivity index (χ1) is 11.1. The van der Waals surface area contributed by atoms with E-state index in [1.54, 1.807) is 6.07 Å². The van der Waals surface area contributed by atoms with Crippen LogP contribution in [0.4, 0.5) is 10.1 Å². The molecular formula is C17H16BrFN2O2. The van der Waals surface area contributed by atoms with Gasteiger partial charge in [-0.3, -0.25) is 4.79 Å². The van der Waals surface area contributed by atoms with E-state index in [-0.39, 0.29) is 17.7 Å². The molecule has 2 aromatic carbocycles. The monoisotopic (exact) mass is 378 g/mol. The molecule has 0 aromatic heterocycles. The van der Waals surface area contributed by atoms with Crippen molar-refractivity contribution < 1.29 is 13.9 Å². The number of carbonyl (C=O) groups is 1. The predicted molar refractivity (Wildman–Crippen MR) is 89.8 cm³/mol. The molecule has 0 saturated carbocycles. The average molecular weight is 379 g/mol. The third-order valence-electron chi connectivity index (χ3n) is 3.86. The van der Waals surface area contributed by atoms with Crippen molar-refractivity contribution in [1.82, 2.24) is 0 Å². The average Bonchev–Trinajstić information content (AvgIpc) is 2.95.